The van der Waals surface area contributed by atoms with E-state index in [1.54, 1.807) is 0 Å². The number of benzene rings is 2. The van der Waals surface area contributed by atoms with E-state index in [1.165, 1.54) is 5.56 Å². The molecule has 0 bridgehead atoms. The first-order chi connectivity index (χ1) is 10.1. The van der Waals surface area contributed by atoms with Gasteiger partial charge in [0.15, 0.2) is 5.78 Å². The van der Waals surface area contributed by atoms with Gasteiger partial charge >= 0.3 is 0 Å². The van der Waals surface area contributed by atoms with Crippen LogP contribution in [0.25, 0.3) is 11.3 Å². The van der Waals surface area contributed by atoms with Crippen molar-refractivity contribution < 1.29 is 9.21 Å². The second-order valence-corrected chi connectivity index (χ2v) is 5.16. The molecule has 0 saturated carbocycles. The monoisotopic (exact) mass is 276 g/mol. The third-order valence-corrected chi connectivity index (χ3v) is 3.45. The Morgan fingerprint density at radius 1 is 0.905 bits per heavy atom. The Morgan fingerprint density at radius 2 is 1.57 bits per heavy atom. The molecule has 0 N–H and O–H groups in total. The van der Waals surface area contributed by atoms with Gasteiger partial charge in [-0.05, 0) is 19.9 Å². The number of hydrogen-bond acceptors (Lipinski definition) is 2. The molecule has 21 heavy (non-hydrogen) atoms. The lowest BCUT2D eigenvalue weighted by Crippen LogP contribution is -2.01. The molecule has 3 aromatic rings. The van der Waals surface area contributed by atoms with Gasteiger partial charge < -0.3 is 4.42 Å². The number of rotatable bonds is 3. The zero-order chi connectivity index (χ0) is 14.8. The van der Waals surface area contributed by atoms with E-state index in [-0.39, 0.29) is 5.78 Å². The van der Waals surface area contributed by atoms with Crippen LogP contribution in [0.3, 0.4) is 0 Å². The molecule has 2 aromatic carbocycles. The lowest BCUT2D eigenvalue weighted by Gasteiger charge is -2.03. The molecule has 0 atom stereocenters. The number of aryl methyl sites for hydroxylation is 2. The molecule has 0 fully saturated rings. The molecule has 0 amide bonds. The fourth-order valence-corrected chi connectivity index (χ4v) is 2.35. The molecule has 104 valence electrons. The fraction of sp³-hybridized carbons (Fsp3) is 0.105. The first-order valence-corrected chi connectivity index (χ1v) is 6.92. The van der Waals surface area contributed by atoms with E-state index in [9.17, 15) is 4.79 Å². The highest BCUT2D eigenvalue weighted by molar-refractivity contribution is 6.12. The van der Waals surface area contributed by atoms with Crippen LogP contribution < -0.4 is 0 Å². The van der Waals surface area contributed by atoms with Crippen LogP contribution in [-0.4, -0.2) is 5.78 Å². The topological polar surface area (TPSA) is 30.2 Å². The van der Waals surface area contributed by atoms with E-state index in [0.29, 0.717) is 16.9 Å². The van der Waals surface area contributed by atoms with Crippen molar-refractivity contribution >= 4 is 5.78 Å². The van der Waals surface area contributed by atoms with E-state index in [4.69, 9.17) is 4.42 Å². The van der Waals surface area contributed by atoms with E-state index < -0.39 is 0 Å². The summed E-state index contributed by atoms with van der Waals surface area (Å²) in [5, 5.41) is 0. The van der Waals surface area contributed by atoms with E-state index in [0.717, 1.165) is 11.3 Å². The van der Waals surface area contributed by atoms with Crippen LogP contribution >= 0.6 is 0 Å². The molecule has 0 aliphatic carbocycles. The molecule has 1 aromatic heterocycles. The Bertz CT molecular complexity index is 765. The largest absolute Gasteiger partial charge is 0.461 e. The van der Waals surface area contributed by atoms with Crippen molar-refractivity contribution in [2.45, 2.75) is 13.8 Å². The van der Waals surface area contributed by atoms with Crippen LogP contribution in [-0.2, 0) is 0 Å². The summed E-state index contributed by atoms with van der Waals surface area (Å²) >= 11 is 0. The number of carbonyl (C=O) groups is 1. The molecule has 0 aliphatic heterocycles. The van der Waals surface area contributed by atoms with Gasteiger partial charge in [0, 0.05) is 11.1 Å². The van der Waals surface area contributed by atoms with Gasteiger partial charge in [0.2, 0.25) is 0 Å². The summed E-state index contributed by atoms with van der Waals surface area (Å²) in [5.74, 6) is 1.37. The second kappa shape index (κ2) is 5.41. The Kier molecular flexibility index (Phi) is 3.44. The third kappa shape index (κ3) is 2.65. The van der Waals surface area contributed by atoms with Crippen molar-refractivity contribution in [2.24, 2.45) is 0 Å². The highest BCUT2D eigenvalue weighted by Crippen LogP contribution is 2.29. The van der Waals surface area contributed by atoms with Crippen LogP contribution in [0.2, 0.25) is 0 Å². The minimum atomic E-state index is -0.0111. The lowest BCUT2D eigenvalue weighted by molar-refractivity contribution is 0.103. The number of ketones is 1. The Morgan fingerprint density at radius 3 is 2.24 bits per heavy atom. The maximum absolute atomic E-state index is 12.7. The van der Waals surface area contributed by atoms with Crippen molar-refractivity contribution in [1.29, 1.82) is 0 Å². The molecule has 0 unspecified atom stereocenters. The fourth-order valence-electron chi connectivity index (χ4n) is 2.35. The first-order valence-electron chi connectivity index (χ1n) is 6.92. The molecule has 3 rings (SSSR count). The average Bonchev–Trinajstić information content (AvgIpc) is 2.90. The molecule has 0 aliphatic rings. The number of furan rings is 1. The minimum Gasteiger partial charge on any atom is -0.461 e. The summed E-state index contributed by atoms with van der Waals surface area (Å²) < 4.78 is 5.76. The minimum absolute atomic E-state index is 0.0111. The van der Waals surface area contributed by atoms with Crippen molar-refractivity contribution in [1.82, 2.24) is 0 Å². The highest BCUT2D eigenvalue weighted by atomic mass is 16.3. The molecule has 0 saturated heterocycles. The third-order valence-electron chi connectivity index (χ3n) is 3.45. The summed E-state index contributed by atoms with van der Waals surface area (Å²) in [7, 11) is 0. The molecular weight excluding hydrogens is 260 g/mol. The predicted octanol–water partition coefficient (Wildman–Crippen LogP) is 4.79. The van der Waals surface area contributed by atoms with Crippen LogP contribution in [0.5, 0.6) is 0 Å². The van der Waals surface area contributed by atoms with E-state index >= 15 is 0 Å². The molecule has 1 heterocycles. The first kappa shape index (κ1) is 13.4. The van der Waals surface area contributed by atoms with Crippen LogP contribution in [0.1, 0.15) is 27.2 Å². The summed E-state index contributed by atoms with van der Waals surface area (Å²) in [6.07, 6.45) is 0. The summed E-state index contributed by atoms with van der Waals surface area (Å²) in [4.78, 5) is 12.7. The summed E-state index contributed by atoms with van der Waals surface area (Å²) in [5.41, 5.74) is 3.39. The molecule has 0 radical (unpaired) electrons. The zero-order valence-electron chi connectivity index (χ0n) is 12.1. The summed E-state index contributed by atoms with van der Waals surface area (Å²) in [6, 6.07) is 19.1. The molecule has 0 spiro atoms. The Hall–Kier alpha value is -2.61. The standard InChI is InChI=1S/C19H16O2/c1-13-8-10-16(11-9-13)19-17(12-14(2)21-19)18(20)15-6-4-3-5-7-15/h3-12H,1-2H3. The highest BCUT2D eigenvalue weighted by Gasteiger charge is 2.19. The normalized spacial score (nSPS) is 10.6. The van der Waals surface area contributed by atoms with Gasteiger partial charge in [0.1, 0.15) is 11.5 Å². The zero-order valence-corrected chi connectivity index (χ0v) is 12.1. The Balaban J connectivity index is 2.08. The van der Waals surface area contributed by atoms with E-state index in [2.05, 4.69) is 0 Å². The van der Waals surface area contributed by atoms with Crippen molar-refractivity contribution in [3.8, 4) is 11.3 Å². The van der Waals surface area contributed by atoms with Gasteiger partial charge in [0.05, 0.1) is 5.56 Å². The SMILES string of the molecule is Cc1ccc(-c2oc(C)cc2C(=O)c2ccccc2)cc1. The van der Waals surface area contributed by atoms with Crippen molar-refractivity contribution in [3.05, 3.63) is 83.1 Å². The number of carbonyl (C=O) groups excluding carboxylic acids is 1. The molecule has 2 heteroatoms. The smallest absolute Gasteiger partial charge is 0.196 e. The lowest BCUT2D eigenvalue weighted by atomic mass is 10.00. The van der Waals surface area contributed by atoms with Crippen molar-refractivity contribution in [3.63, 3.8) is 0 Å². The van der Waals surface area contributed by atoms with Gasteiger partial charge in [0.25, 0.3) is 0 Å². The molecular formula is C19H16O2. The van der Waals surface area contributed by atoms with Gasteiger partial charge in [-0.3, -0.25) is 4.79 Å². The van der Waals surface area contributed by atoms with Gasteiger partial charge in [-0.15, -0.1) is 0 Å². The van der Waals surface area contributed by atoms with Crippen LogP contribution in [0.15, 0.2) is 65.1 Å². The maximum Gasteiger partial charge on any atom is 0.196 e. The van der Waals surface area contributed by atoms with Crippen molar-refractivity contribution in [2.75, 3.05) is 0 Å². The van der Waals surface area contributed by atoms with E-state index in [1.807, 2.05) is 74.5 Å². The average molecular weight is 276 g/mol. The molecule has 2 nitrogen and oxygen atoms in total. The number of hydrogen-bond donors (Lipinski definition) is 0. The Labute approximate surface area is 124 Å². The van der Waals surface area contributed by atoms with Gasteiger partial charge in [-0.25, -0.2) is 0 Å². The van der Waals surface area contributed by atoms with Gasteiger partial charge in [-0.2, -0.15) is 0 Å². The second-order valence-electron chi connectivity index (χ2n) is 5.16. The van der Waals surface area contributed by atoms with Crippen LogP contribution in [0.4, 0.5) is 0 Å². The maximum atomic E-state index is 12.7. The van der Waals surface area contributed by atoms with Gasteiger partial charge in [-0.1, -0.05) is 60.2 Å². The summed E-state index contributed by atoms with van der Waals surface area (Å²) in [6.45, 7) is 3.90. The quantitative estimate of drug-likeness (QED) is 0.643. The van der Waals surface area contributed by atoms with Crippen LogP contribution in [0, 0.1) is 13.8 Å². The predicted molar refractivity (Wildman–Crippen MR) is 83.5 cm³/mol.